The summed E-state index contributed by atoms with van der Waals surface area (Å²) >= 11 is 0. The number of amides is 2. The fourth-order valence-corrected chi connectivity index (χ4v) is 2.61. The molecule has 0 radical (unpaired) electrons. The summed E-state index contributed by atoms with van der Waals surface area (Å²) in [5.74, 6) is 0.156. The predicted molar refractivity (Wildman–Crippen MR) is 109 cm³/mol. The highest BCUT2D eigenvalue weighted by atomic mass is 16.5. The summed E-state index contributed by atoms with van der Waals surface area (Å²) in [5.41, 5.74) is 2.90. The van der Waals surface area contributed by atoms with Crippen molar-refractivity contribution < 1.29 is 14.3 Å². The number of rotatable bonds is 6. The smallest absolute Gasteiger partial charge is 0.274 e. The maximum Gasteiger partial charge on any atom is 0.274 e. The van der Waals surface area contributed by atoms with Crippen LogP contribution in [0.4, 0.5) is 22.7 Å². The monoisotopic (exact) mass is 376 g/mol. The third-order valence-electron chi connectivity index (χ3n) is 3.82. The molecule has 142 valence electrons. The molecule has 2 amide bonds. The summed E-state index contributed by atoms with van der Waals surface area (Å²) in [7, 11) is 1.60. The Balaban J connectivity index is 1.74. The fraction of sp³-hybridized carbons (Fsp3) is 0.0952. The van der Waals surface area contributed by atoms with Gasteiger partial charge in [-0.3, -0.25) is 14.6 Å². The van der Waals surface area contributed by atoms with Crippen molar-refractivity contribution >= 4 is 34.6 Å². The zero-order valence-corrected chi connectivity index (χ0v) is 15.5. The average molecular weight is 376 g/mol. The molecule has 3 rings (SSSR count). The van der Waals surface area contributed by atoms with Crippen molar-refractivity contribution in [2.24, 2.45) is 0 Å². The van der Waals surface area contributed by atoms with Crippen LogP contribution in [-0.4, -0.2) is 23.9 Å². The standard InChI is InChI=1S/C21H20N4O3/c1-14(26)23-15-6-5-7-16(12-15)25-21(27)19-13-17(10-11-22-19)24-18-8-3-4-9-20(18)28-2/h3-13H,1-2H3,(H,22,24)(H,23,26)(H,25,27). The first kappa shape index (κ1) is 18.9. The molecule has 7 nitrogen and oxygen atoms in total. The number of hydrogen-bond acceptors (Lipinski definition) is 5. The van der Waals surface area contributed by atoms with Gasteiger partial charge in [-0.15, -0.1) is 0 Å². The molecular weight excluding hydrogens is 356 g/mol. The topological polar surface area (TPSA) is 92.3 Å². The molecule has 0 saturated heterocycles. The van der Waals surface area contributed by atoms with Gasteiger partial charge < -0.3 is 20.7 Å². The highest BCUT2D eigenvalue weighted by Gasteiger charge is 2.10. The van der Waals surface area contributed by atoms with Crippen molar-refractivity contribution in [1.29, 1.82) is 0 Å². The highest BCUT2D eigenvalue weighted by Crippen LogP contribution is 2.27. The summed E-state index contributed by atoms with van der Waals surface area (Å²) in [4.78, 5) is 27.9. The molecule has 0 atom stereocenters. The van der Waals surface area contributed by atoms with Crippen LogP contribution in [0.25, 0.3) is 0 Å². The van der Waals surface area contributed by atoms with Crippen LogP contribution in [0.2, 0.25) is 0 Å². The minimum absolute atomic E-state index is 0.180. The van der Waals surface area contributed by atoms with Gasteiger partial charge in [0.1, 0.15) is 11.4 Å². The number of nitrogens with one attached hydrogen (secondary N) is 3. The van der Waals surface area contributed by atoms with E-state index >= 15 is 0 Å². The van der Waals surface area contributed by atoms with Crippen LogP contribution in [0.15, 0.2) is 66.9 Å². The van der Waals surface area contributed by atoms with Gasteiger partial charge in [0.2, 0.25) is 5.91 Å². The Morgan fingerprint density at radius 1 is 0.893 bits per heavy atom. The number of carbonyl (C=O) groups is 2. The second kappa shape index (κ2) is 8.68. The fourth-order valence-electron chi connectivity index (χ4n) is 2.61. The first-order valence-corrected chi connectivity index (χ1v) is 8.60. The lowest BCUT2D eigenvalue weighted by Gasteiger charge is -2.12. The molecule has 3 N–H and O–H groups in total. The van der Waals surface area contributed by atoms with Crippen LogP contribution in [0.1, 0.15) is 17.4 Å². The van der Waals surface area contributed by atoms with E-state index in [0.29, 0.717) is 22.8 Å². The van der Waals surface area contributed by atoms with Crippen LogP contribution in [0.3, 0.4) is 0 Å². The largest absolute Gasteiger partial charge is 0.495 e. The number of pyridine rings is 1. The number of hydrogen-bond donors (Lipinski definition) is 3. The average Bonchev–Trinajstić information content (AvgIpc) is 2.68. The van der Waals surface area contributed by atoms with Crippen LogP contribution >= 0.6 is 0 Å². The molecule has 28 heavy (non-hydrogen) atoms. The summed E-state index contributed by atoms with van der Waals surface area (Å²) in [5, 5.41) is 8.68. The number of para-hydroxylation sites is 2. The Hall–Kier alpha value is -3.87. The van der Waals surface area contributed by atoms with E-state index in [-0.39, 0.29) is 17.5 Å². The molecule has 1 aromatic heterocycles. The molecule has 2 aromatic carbocycles. The predicted octanol–water partition coefficient (Wildman–Crippen LogP) is 4.04. The van der Waals surface area contributed by atoms with Crippen molar-refractivity contribution in [1.82, 2.24) is 4.98 Å². The number of nitrogens with zero attached hydrogens (tertiary/aromatic N) is 1. The Bertz CT molecular complexity index is 1000. The molecule has 3 aromatic rings. The van der Waals surface area contributed by atoms with Crippen LogP contribution in [-0.2, 0) is 4.79 Å². The molecule has 0 aliphatic rings. The summed E-state index contributed by atoms with van der Waals surface area (Å²) in [6.07, 6.45) is 1.56. The van der Waals surface area contributed by atoms with Gasteiger partial charge in [-0.05, 0) is 42.5 Å². The first-order chi connectivity index (χ1) is 13.5. The number of benzene rings is 2. The Morgan fingerprint density at radius 3 is 2.39 bits per heavy atom. The molecule has 0 spiro atoms. The van der Waals surface area contributed by atoms with E-state index < -0.39 is 0 Å². The molecule has 1 heterocycles. The minimum atomic E-state index is -0.358. The first-order valence-electron chi connectivity index (χ1n) is 8.60. The van der Waals surface area contributed by atoms with E-state index in [9.17, 15) is 9.59 Å². The van der Waals surface area contributed by atoms with Gasteiger partial charge in [-0.2, -0.15) is 0 Å². The van der Waals surface area contributed by atoms with Crippen molar-refractivity contribution in [2.75, 3.05) is 23.1 Å². The Morgan fingerprint density at radius 2 is 1.64 bits per heavy atom. The van der Waals surface area contributed by atoms with E-state index in [1.54, 1.807) is 49.7 Å². The van der Waals surface area contributed by atoms with Gasteiger partial charge in [0, 0.05) is 30.2 Å². The number of methoxy groups -OCH3 is 1. The number of anilines is 4. The van der Waals surface area contributed by atoms with Crippen LogP contribution in [0, 0.1) is 0 Å². The van der Waals surface area contributed by atoms with E-state index in [4.69, 9.17) is 4.74 Å². The molecule has 0 fully saturated rings. The van der Waals surface area contributed by atoms with E-state index in [2.05, 4.69) is 20.9 Å². The van der Waals surface area contributed by atoms with Gasteiger partial charge in [0.25, 0.3) is 5.91 Å². The quantitative estimate of drug-likeness (QED) is 0.604. The third-order valence-corrected chi connectivity index (χ3v) is 3.82. The van der Waals surface area contributed by atoms with Crippen molar-refractivity contribution in [3.63, 3.8) is 0 Å². The van der Waals surface area contributed by atoms with Gasteiger partial charge in [0.15, 0.2) is 0 Å². The number of aromatic nitrogens is 1. The lowest BCUT2D eigenvalue weighted by Crippen LogP contribution is -2.14. The molecule has 0 bridgehead atoms. The molecule has 0 unspecified atom stereocenters. The summed E-state index contributed by atoms with van der Waals surface area (Å²) in [6, 6.07) is 17.8. The Labute approximate surface area is 162 Å². The second-order valence-corrected chi connectivity index (χ2v) is 5.97. The molecule has 0 aliphatic heterocycles. The molecule has 0 aliphatic carbocycles. The van der Waals surface area contributed by atoms with Crippen molar-refractivity contribution in [2.45, 2.75) is 6.92 Å². The van der Waals surface area contributed by atoms with E-state index in [1.165, 1.54) is 6.92 Å². The van der Waals surface area contributed by atoms with Crippen LogP contribution in [0.5, 0.6) is 5.75 Å². The van der Waals surface area contributed by atoms with Gasteiger partial charge >= 0.3 is 0 Å². The molecule has 7 heteroatoms. The Kier molecular flexibility index (Phi) is 5.86. The van der Waals surface area contributed by atoms with Crippen LogP contribution < -0.4 is 20.7 Å². The SMILES string of the molecule is COc1ccccc1Nc1ccnc(C(=O)Nc2cccc(NC(C)=O)c2)c1. The van der Waals surface area contributed by atoms with Gasteiger partial charge in [-0.25, -0.2) is 0 Å². The zero-order chi connectivity index (χ0) is 19.9. The highest BCUT2D eigenvalue weighted by molar-refractivity contribution is 6.04. The van der Waals surface area contributed by atoms with E-state index in [0.717, 1.165) is 5.69 Å². The summed E-state index contributed by atoms with van der Waals surface area (Å²) < 4.78 is 5.33. The number of ether oxygens (including phenoxy) is 1. The van der Waals surface area contributed by atoms with Gasteiger partial charge in [-0.1, -0.05) is 18.2 Å². The lowest BCUT2D eigenvalue weighted by molar-refractivity contribution is -0.114. The minimum Gasteiger partial charge on any atom is -0.495 e. The lowest BCUT2D eigenvalue weighted by atomic mass is 10.2. The zero-order valence-electron chi connectivity index (χ0n) is 15.5. The maximum atomic E-state index is 12.6. The van der Waals surface area contributed by atoms with Crippen molar-refractivity contribution in [3.8, 4) is 5.75 Å². The third kappa shape index (κ3) is 4.85. The van der Waals surface area contributed by atoms with E-state index in [1.807, 2.05) is 24.3 Å². The normalized spacial score (nSPS) is 10.1. The second-order valence-electron chi connectivity index (χ2n) is 5.97. The number of carbonyl (C=O) groups excluding carboxylic acids is 2. The maximum absolute atomic E-state index is 12.6. The molecule has 0 saturated carbocycles. The summed E-state index contributed by atoms with van der Waals surface area (Å²) in [6.45, 7) is 1.43. The molecular formula is C21H20N4O3. The van der Waals surface area contributed by atoms with Crippen molar-refractivity contribution in [3.05, 3.63) is 72.6 Å². The van der Waals surface area contributed by atoms with Gasteiger partial charge in [0.05, 0.1) is 12.8 Å².